The van der Waals surface area contributed by atoms with E-state index < -0.39 is 8.80 Å². The minimum atomic E-state index is -0.568. The summed E-state index contributed by atoms with van der Waals surface area (Å²) in [4.78, 5) is 2.60. The van der Waals surface area contributed by atoms with Crippen LogP contribution in [0.1, 0.15) is 33.1 Å². The molecular formula is C12H25NSi. The van der Waals surface area contributed by atoms with Gasteiger partial charge in [-0.2, -0.15) is 0 Å². The van der Waals surface area contributed by atoms with E-state index in [0.29, 0.717) is 0 Å². The van der Waals surface area contributed by atoms with Crippen molar-refractivity contribution in [1.29, 1.82) is 0 Å². The molecule has 1 aliphatic rings. The lowest BCUT2D eigenvalue weighted by molar-refractivity contribution is 0.345. The van der Waals surface area contributed by atoms with Crippen molar-refractivity contribution in [2.75, 3.05) is 19.6 Å². The van der Waals surface area contributed by atoms with Crippen molar-refractivity contribution in [1.82, 2.24) is 4.90 Å². The molecule has 1 aliphatic heterocycles. The van der Waals surface area contributed by atoms with Crippen LogP contribution in [0, 0.1) is 0 Å². The first-order chi connectivity index (χ1) is 6.77. The van der Waals surface area contributed by atoms with Crippen LogP contribution in [0.4, 0.5) is 0 Å². The van der Waals surface area contributed by atoms with Gasteiger partial charge < -0.3 is 4.90 Å². The molecule has 1 heterocycles. The predicted octanol–water partition coefficient (Wildman–Crippen LogP) is 2.83. The van der Waals surface area contributed by atoms with E-state index in [1.54, 1.807) is 5.20 Å². The Labute approximate surface area is 90.8 Å². The van der Waals surface area contributed by atoms with E-state index in [2.05, 4.69) is 25.3 Å². The van der Waals surface area contributed by atoms with Gasteiger partial charge in [-0.25, -0.2) is 0 Å². The average molecular weight is 211 g/mol. The zero-order valence-electron chi connectivity index (χ0n) is 9.89. The van der Waals surface area contributed by atoms with Crippen molar-refractivity contribution in [3.05, 3.63) is 11.8 Å². The standard InChI is InChI=1S/C12H25NSi/c1-4-14(5-2)12(3)8-11-13-9-6-7-10-13/h14H,3-11H2,1-2H3. The molecule has 0 bridgehead atoms. The minimum Gasteiger partial charge on any atom is -0.303 e. The molecule has 0 radical (unpaired) electrons. The molecule has 0 atom stereocenters. The first-order valence-electron chi connectivity index (χ1n) is 6.18. The lowest BCUT2D eigenvalue weighted by atomic mass is 10.4. The molecule has 82 valence electrons. The van der Waals surface area contributed by atoms with Crippen LogP contribution in [0.2, 0.25) is 12.1 Å². The molecule has 2 heteroatoms. The molecule has 0 amide bonds. The van der Waals surface area contributed by atoms with Crippen molar-refractivity contribution >= 4 is 8.80 Å². The number of nitrogens with zero attached hydrogens (tertiary/aromatic N) is 1. The van der Waals surface area contributed by atoms with Crippen LogP contribution in [0.5, 0.6) is 0 Å². The Morgan fingerprint density at radius 3 is 2.29 bits per heavy atom. The van der Waals surface area contributed by atoms with Gasteiger partial charge in [0.1, 0.15) is 0 Å². The van der Waals surface area contributed by atoms with Gasteiger partial charge in [0, 0.05) is 6.54 Å². The summed E-state index contributed by atoms with van der Waals surface area (Å²) in [5.74, 6) is 0. The summed E-state index contributed by atoms with van der Waals surface area (Å²) in [5, 5.41) is 1.61. The highest BCUT2D eigenvalue weighted by Crippen LogP contribution is 2.14. The normalized spacial score (nSPS) is 17.9. The van der Waals surface area contributed by atoms with Crippen LogP contribution < -0.4 is 0 Å². The summed E-state index contributed by atoms with van der Waals surface area (Å²) in [7, 11) is -0.568. The first kappa shape index (κ1) is 12.0. The van der Waals surface area contributed by atoms with Crippen molar-refractivity contribution in [3.63, 3.8) is 0 Å². The van der Waals surface area contributed by atoms with Gasteiger partial charge in [-0.1, -0.05) is 31.1 Å². The third-order valence-corrected chi connectivity index (χ3v) is 6.93. The number of hydrogen-bond donors (Lipinski definition) is 0. The van der Waals surface area contributed by atoms with Gasteiger partial charge in [-0.15, -0.1) is 6.58 Å². The third-order valence-electron chi connectivity index (χ3n) is 3.51. The van der Waals surface area contributed by atoms with Gasteiger partial charge in [0.25, 0.3) is 0 Å². The Hall–Kier alpha value is -0.0831. The molecule has 0 aromatic carbocycles. The minimum absolute atomic E-state index is 0.568. The summed E-state index contributed by atoms with van der Waals surface area (Å²) in [6.07, 6.45) is 4.10. The molecule has 0 aromatic heterocycles. The van der Waals surface area contributed by atoms with E-state index in [4.69, 9.17) is 0 Å². The zero-order chi connectivity index (χ0) is 10.4. The van der Waals surface area contributed by atoms with Crippen molar-refractivity contribution in [2.45, 2.75) is 45.2 Å². The topological polar surface area (TPSA) is 3.24 Å². The summed E-state index contributed by atoms with van der Waals surface area (Å²) in [6, 6.07) is 2.80. The first-order valence-corrected chi connectivity index (χ1v) is 8.39. The molecule has 0 unspecified atom stereocenters. The summed E-state index contributed by atoms with van der Waals surface area (Å²) >= 11 is 0. The number of likely N-dealkylation sites (tertiary alicyclic amines) is 1. The lowest BCUT2D eigenvalue weighted by Crippen LogP contribution is -2.23. The van der Waals surface area contributed by atoms with E-state index in [1.807, 2.05) is 0 Å². The third kappa shape index (κ3) is 3.58. The van der Waals surface area contributed by atoms with Crippen LogP contribution >= 0.6 is 0 Å². The van der Waals surface area contributed by atoms with Gasteiger partial charge >= 0.3 is 0 Å². The van der Waals surface area contributed by atoms with Crippen LogP contribution in [0.3, 0.4) is 0 Å². The summed E-state index contributed by atoms with van der Waals surface area (Å²) in [5.41, 5.74) is 0. The molecule has 0 saturated carbocycles. The van der Waals surface area contributed by atoms with E-state index in [9.17, 15) is 0 Å². The maximum absolute atomic E-state index is 4.29. The molecule has 1 rings (SSSR count). The molecule has 14 heavy (non-hydrogen) atoms. The molecule has 0 aromatic rings. The zero-order valence-corrected chi connectivity index (χ0v) is 11.0. The van der Waals surface area contributed by atoms with Crippen molar-refractivity contribution in [3.8, 4) is 0 Å². The number of hydrogen-bond acceptors (Lipinski definition) is 1. The van der Waals surface area contributed by atoms with Crippen LogP contribution in [0.15, 0.2) is 11.8 Å². The van der Waals surface area contributed by atoms with Gasteiger partial charge in [-0.05, 0) is 32.4 Å². The van der Waals surface area contributed by atoms with Gasteiger partial charge in [0.15, 0.2) is 0 Å². The maximum atomic E-state index is 4.29. The van der Waals surface area contributed by atoms with Gasteiger partial charge in [0.05, 0.1) is 8.80 Å². The largest absolute Gasteiger partial charge is 0.303 e. The second-order valence-corrected chi connectivity index (χ2v) is 8.31. The van der Waals surface area contributed by atoms with Crippen molar-refractivity contribution < 1.29 is 0 Å². The maximum Gasteiger partial charge on any atom is 0.0644 e. The monoisotopic (exact) mass is 211 g/mol. The highest BCUT2D eigenvalue weighted by Gasteiger charge is 2.14. The second kappa shape index (κ2) is 6.41. The fraction of sp³-hybridized carbons (Fsp3) is 0.833. The Bertz CT molecular complexity index is 169. The SMILES string of the molecule is C=C(CCN1CCCC1)[SiH](CC)CC. The summed E-state index contributed by atoms with van der Waals surface area (Å²) < 4.78 is 0. The Morgan fingerprint density at radius 2 is 1.79 bits per heavy atom. The van der Waals surface area contributed by atoms with E-state index in [-0.39, 0.29) is 0 Å². The lowest BCUT2D eigenvalue weighted by Gasteiger charge is -2.18. The van der Waals surface area contributed by atoms with Crippen LogP contribution in [0.25, 0.3) is 0 Å². The van der Waals surface area contributed by atoms with E-state index >= 15 is 0 Å². The van der Waals surface area contributed by atoms with Gasteiger partial charge in [-0.3, -0.25) is 0 Å². The Balaban J connectivity index is 2.18. The second-order valence-electron chi connectivity index (χ2n) is 4.47. The molecule has 0 aliphatic carbocycles. The van der Waals surface area contributed by atoms with Gasteiger partial charge in [0.2, 0.25) is 0 Å². The highest BCUT2D eigenvalue weighted by molar-refractivity contribution is 6.66. The Morgan fingerprint density at radius 1 is 1.21 bits per heavy atom. The fourth-order valence-corrected chi connectivity index (χ4v) is 4.65. The number of rotatable bonds is 6. The average Bonchev–Trinajstić information content (AvgIpc) is 2.69. The Kier molecular flexibility index (Phi) is 5.49. The van der Waals surface area contributed by atoms with Crippen LogP contribution in [-0.4, -0.2) is 33.3 Å². The quantitative estimate of drug-likeness (QED) is 0.611. The highest BCUT2D eigenvalue weighted by atomic mass is 28.3. The smallest absolute Gasteiger partial charge is 0.0644 e. The molecule has 0 N–H and O–H groups in total. The van der Waals surface area contributed by atoms with Crippen LogP contribution in [-0.2, 0) is 0 Å². The molecule has 0 spiro atoms. The van der Waals surface area contributed by atoms with E-state index in [0.717, 1.165) is 0 Å². The van der Waals surface area contributed by atoms with E-state index in [1.165, 1.54) is 51.0 Å². The molecule has 1 nitrogen and oxygen atoms in total. The summed E-state index contributed by atoms with van der Waals surface area (Å²) in [6.45, 7) is 12.9. The van der Waals surface area contributed by atoms with Crippen molar-refractivity contribution in [2.24, 2.45) is 0 Å². The molecular weight excluding hydrogens is 186 g/mol. The molecule has 1 fully saturated rings. The molecule has 1 saturated heterocycles. The predicted molar refractivity (Wildman–Crippen MR) is 67.5 cm³/mol. The fourth-order valence-electron chi connectivity index (χ4n) is 2.38.